The minimum absolute atomic E-state index is 0.00828. The zero-order valence-corrected chi connectivity index (χ0v) is 22.6. The Morgan fingerprint density at radius 3 is 2.70 bits per heavy atom. The molecule has 3 saturated carbocycles. The molecule has 0 heterocycles. The van der Waals surface area contributed by atoms with Crippen LogP contribution >= 0.6 is 11.8 Å². The molecule has 3 fully saturated rings. The lowest BCUT2D eigenvalue weighted by Crippen LogP contribution is -2.56. The molecular formula is C30H39NO5S. The number of carbonyl (C=O) groups excluding carboxylic acids is 2. The number of fused-ring (bicyclic) bond motifs is 5. The smallest absolute Gasteiger partial charge is 0.178 e. The average Bonchev–Trinajstić information content (AvgIpc) is 3.15. The van der Waals surface area contributed by atoms with E-state index < -0.39 is 24.0 Å². The molecule has 2 unspecified atom stereocenters. The van der Waals surface area contributed by atoms with Gasteiger partial charge in [0.15, 0.2) is 11.6 Å². The van der Waals surface area contributed by atoms with E-state index in [4.69, 9.17) is 0 Å². The van der Waals surface area contributed by atoms with Gasteiger partial charge in [0, 0.05) is 41.0 Å². The van der Waals surface area contributed by atoms with E-state index in [-0.39, 0.29) is 40.7 Å². The summed E-state index contributed by atoms with van der Waals surface area (Å²) in [5, 5.41) is 33.6. The number of hydroxylamine groups is 2. The Balaban J connectivity index is 1.35. The fourth-order valence-electron chi connectivity index (χ4n) is 8.56. The predicted molar refractivity (Wildman–Crippen MR) is 143 cm³/mol. The fraction of sp³-hybridized carbons (Fsp3) is 0.600. The lowest BCUT2D eigenvalue weighted by molar-refractivity contribution is -0.145. The molecule has 0 aliphatic heterocycles. The van der Waals surface area contributed by atoms with Crippen LogP contribution < -0.4 is 0 Å². The lowest BCUT2D eigenvalue weighted by atomic mass is 9.46. The van der Waals surface area contributed by atoms with Crippen molar-refractivity contribution in [3.8, 4) is 0 Å². The number of Topliss-reactive ketones (excluding diaryl/α,β-unsaturated/α-hetero) is 1. The minimum Gasteiger partial charge on any atom is -0.393 e. The summed E-state index contributed by atoms with van der Waals surface area (Å²) >= 11 is 1.69. The number of carbonyl (C=O) groups is 2. The Hall–Kier alpha value is -1.77. The van der Waals surface area contributed by atoms with E-state index in [1.54, 1.807) is 23.9 Å². The number of hydrogen-bond donors (Lipinski definition) is 3. The molecule has 0 bridgehead atoms. The van der Waals surface area contributed by atoms with Gasteiger partial charge >= 0.3 is 0 Å². The fourth-order valence-corrected chi connectivity index (χ4v) is 9.45. The second kappa shape index (κ2) is 10.4. The highest BCUT2D eigenvalue weighted by atomic mass is 32.2. The number of rotatable bonds is 8. The number of aliphatic hydroxyl groups is 2. The average molecular weight is 526 g/mol. The van der Waals surface area contributed by atoms with Crippen LogP contribution in [-0.2, 0) is 9.59 Å². The van der Waals surface area contributed by atoms with Crippen molar-refractivity contribution in [2.45, 2.75) is 50.5 Å². The van der Waals surface area contributed by atoms with Crippen molar-refractivity contribution < 1.29 is 25.0 Å². The van der Waals surface area contributed by atoms with Gasteiger partial charge in [0.05, 0.1) is 6.10 Å². The maximum atomic E-state index is 13.2. The third kappa shape index (κ3) is 4.78. The second-order valence-electron chi connectivity index (χ2n) is 12.0. The molecule has 6 nitrogen and oxygen atoms in total. The summed E-state index contributed by atoms with van der Waals surface area (Å²) in [6.07, 6.45) is 7.77. The molecule has 0 spiro atoms. The molecule has 8 atom stereocenters. The Kier molecular flexibility index (Phi) is 7.55. The van der Waals surface area contributed by atoms with Crippen LogP contribution in [-0.4, -0.2) is 63.6 Å². The van der Waals surface area contributed by atoms with E-state index in [9.17, 15) is 25.0 Å². The van der Waals surface area contributed by atoms with Crippen LogP contribution in [0.15, 0.2) is 59.0 Å². The van der Waals surface area contributed by atoms with Gasteiger partial charge in [-0.1, -0.05) is 43.7 Å². The predicted octanol–water partition coefficient (Wildman–Crippen LogP) is 4.15. The number of aliphatic hydroxyl groups excluding tert-OH is 2. The first-order valence-corrected chi connectivity index (χ1v) is 14.5. The third-order valence-corrected chi connectivity index (χ3v) is 11.0. The summed E-state index contributed by atoms with van der Waals surface area (Å²) < 4.78 is 0. The van der Waals surface area contributed by atoms with E-state index in [2.05, 4.69) is 26.0 Å². The zero-order chi connectivity index (χ0) is 26.4. The van der Waals surface area contributed by atoms with Gasteiger partial charge in [0.25, 0.3) is 0 Å². The number of nitrogens with zero attached hydrogens (tertiary/aromatic N) is 1. The van der Waals surface area contributed by atoms with Crippen molar-refractivity contribution in [1.29, 1.82) is 0 Å². The van der Waals surface area contributed by atoms with Gasteiger partial charge in [-0.05, 0) is 73.1 Å². The normalized spacial score (nSPS) is 38.6. The van der Waals surface area contributed by atoms with E-state index in [1.807, 2.05) is 24.3 Å². The lowest BCUT2D eigenvalue weighted by Gasteiger charge is -2.58. The molecule has 200 valence electrons. The summed E-state index contributed by atoms with van der Waals surface area (Å²) in [7, 11) is 0. The van der Waals surface area contributed by atoms with Crippen LogP contribution in [0, 0.1) is 40.4 Å². The van der Waals surface area contributed by atoms with Crippen molar-refractivity contribution in [3.05, 3.63) is 54.1 Å². The van der Waals surface area contributed by atoms with E-state index in [0.29, 0.717) is 19.5 Å². The van der Waals surface area contributed by atoms with Crippen molar-refractivity contribution in [1.82, 2.24) is 5.06 Å². The Morgan fingerprint density at radius 2 is 1.97 bits per heavy atom. The second-order valence-corrected chi connectivity index (χ2v) is 13.1. The van der Waals surface area contributed by atoms with E-state index in [0.717, 1.165) is 35.5 Å². The first kappa shape index (κ1) is 26.8. The van der Waals surface area contributed by atoms with Gasteiger partial charge in [0.1, 0.15) is 6.61 Å². The molecule has 37 heavy (non-hydrogen) atoms. The van der Waals surface area contributed by atoms with Gasteiger partial charge in [0.2, 0.25) is 0 Å². The highest BCUT2D eigenvalue weighted by Gasteiger charge is 2.64. The van der Waals surface area contributed by atoms with Gasteiger partial charge < -0.3 is 15.4 Å². The largest absolute Gasteiger partial charge is 0.393 e. The molecule has 0 aromatic heterocycles. The quantitative estimate of drug-likeness (QED) is 0.346. The number of benzene rings is 1. The van der Waals surface area contributed by atoms with Crippen LogP contribution in [0.25, 0.3) is 0 Å². The third-order valence-electron chi connectivity index (χ3n) is 9.98. The number of thioether (sulfide) groups is 1. The van der Waals surface area contributed by atoms with Crippen molar-refractivity contribution in [2.24, 2.45) is 40.4 Å². The topological polar surface area (TPSA) is 98.1 Å². The van der Waals surface area contributed by atoms with Gasteiger partial charge in [-0.15, -0.1) is 11.8 Å². The van der Waals surface area contributed by atoms with Crippen LogP contribution in [0.3, 0.4) is 0 Å². The summed E-state index contributed by atoms with van der Waals surface area (Å²) in [6, 6.07) is 10.1. The minimum atomic E-state index is -0.599. The summed E-state index contributed by atoms with van der Waals surface area (Å²) in [5.41, 5.74) is 0.319. The number of ketones is 2. The number of allylic oxidation sites excluding steroid dienone is 4. The molecule has 3 N–H and O–H groups in total. The SMILES string of the molecule is C[C@]12C=CC(=O)C=C1CC[C@@H]1C2[C@@H](O)C[C@@]2(C)C1C[C@@H](CN(O)CCSc1ccccc1)[C@@H]2C(=O)CO. The summed E-state index contributed by atoms with van der Waals surface area (Å²) in [6.45, 7) is 4.61. The summed E-state index contributed by atoms with van der Waals surface area (Å²) in [4.78, 5) is 26.4. The molecule has 0 saturated heterocycles. The molecule has 5 rings (SSSR count). The Bertz CT molecular complexity index is 1090. The monoisotopic (exact) mass is 525 g/mol. The molecule has 4 aliphatic carbocycles. The Morgan fingerprint density at radius 1 is 1.22 bits per heavy atom. The zero-order valence-electron chi connectivity index (χ0n) is 21.8. The first-order chi connectivity index (χ1) is 17.7. The van der Waals surface area contributed by atoms with Crippen LogP contribution in [0.2, 0.25) is 0 Å². The van der Waals surface area contributed by atoms with Crippen molar-refractivity contribution >= 4 is 23.3 Å². The first-order valence-electron chi connectivity index (χ1n) is 13.5. The molecule has 1 aromatic carbocycles. The van der Waals surface area contributed by atoms with Crippen LogP contribution in [0.1, 0.15) is 39.5 Å². The molecule has 4 aliphatic rings. The maximum absolute atomic E-state index is 13.2. The van der Waals surface area contributed by atoms with Crippen LogP contribution in [0.4, 0.5) is 0 Å². The summed E-state index contributed by atoms with van der Waals surface area (Å²) in [5.74, 6) is 0.502. The van der Waals surface area contributed by atoms with Gasteiger partial charge in [-0.3, -0.25) is 9.59 Å². The molecule has 0 radical (unpaired) electrons. The van der Waals surface area contributed by atoms with E-state index >= 15 is 0 Å². The van der Waals surface area contributed by atoms with Crippen LogP contribution in [0.5, 0.6) is 0 Å². The molecule has 1 aromatic rings. The molecule has 0 amide bonds. The van der Waals surface area contributed by atoms with Gasteiger partial charge in [-0.25, -0.2) is 0 Å². The van der Waals surface area contributed by atoms with Gasteiger partial charge in [-0.2, -0.15) is 5.06 Å². The van der Waals surface area contributed by atoms with E-state index in [1.165, 1.54) is 5.06 Å². The highest BCUT2D eigenvalue weighted by Crippen LogP contribution is 2.67. The van der Waals surface area contributed by atoms with Crippen molar-refractivity contribution in [2.75, 3.05) is 25.4 Å². The number of hydrogen-bond acceptors (Lipinski definition) is 7. The highest BCUT2D eigenvalue weighted by molar-refractivity contribution is 7.99. The standard InChI is InChI=1S/C30H39NO5S/c1-29-11-10-21(33)15-20(29)8-9-23-24-14-19(17-31(36)12-13-37-22-6-4-3-5-7-22)27(26(35)18-32)30(24,2)16-25(34)28(23)29/h3-7,10-11,15,19,23-25,27-28,32,34,36H,8-9,12-14,16-18H2,1-2H3/t19-,23-,24?,25-,27+,28?,29-,30-/m0/s1. The Labute approximate surface area is 223 Å². The van der Waals surface area contributed by atoms with Crippen molar-refractivity contribution in [3.63, 3.8) is 0 Å². The molecular weight excluding hydrogens is 486 g/mol. The maximum Gasteiger partial charge on any atom is 0.178 e. The molecule has 7 heteroatoms.